The Kier molecular flexibility index (Phi) is 4.95. The van der Waals surface area contributed by atoms with Gasteiger partial charge in [-0.2, -0.15) is 5.10 Å². The van der Waals surface area contributed by atoms with E-state index >= 15 is 0 Å². The Morgan fingerprint density at radius 2 is 1.79 bits per heavy atom. The van der Waals surface area contributed by atoms with Crippen LogP contribution in [-0.2, 0) is 13.6 Å². The molecular weight excluding hydrogens is 366 g/mol. The molecule has 0 saturated carbocycles. The first-order valence-corrected chi connectivity index (χ1v) is 9.23. The lowest BCUT2D eigenvalue weighted by Gasteiger charge is -2.16. The molecule has 7 heteroatoms. The van der Waals surface area contributed by atoms with Gasteiger partial charge < -0.3 is 9.32 Å². The molecule has 0 aliphatic carbocycles. The fraction of sp³-hybridized carbons (Fsp3) is 0.182. The quantitative estimate of drug-likeness (QED) is 0.522. The maximum absolute atomic E-state index is 12.7. The lowest BCUT2D eigenvalue weighted by atomic mass is 10.1. The number of nitrogens with zero attached hydrogens (tertiary/aromatic N) is 5. The zero-order valence-corrected chi connectivity index (χ0v) is 16.5. The summed E-state index contributed by atoms with van der Waals surface area (Å²) in [6, 6.07) is 15.1. The molecule has 0 saturated heterocycles. The molecule has 2 aromatic heterocycles. The van der Waals surface area contributed by atoms with Crippen molar-refractivity contribution in [2.45, 2.75) is 13.5 Å². The van der Waals surface area contributed by atoms with Crippen LogP contribution in [0.2, 0.25) is 0 Å². The highest BCUT2D eigenvalue weighted by molar-refractivity contribution is 5.94. The number of benzene rings is 2. The normalized spacial score (nSPS) is 10.9. The van der Waals surface area contributed by atoms with Gasteiger partial charge in [0.15, 0.2) is 0 Å². The number of amides is 1. The van der Waals surface area contributed by atoms with Crippen LogP contribution in [0, 0.1) is 6.92 Å². The van der Waals surface area contributed by atoms with E-state index in [-0.39, 0.29) is 5.91 Å². The van der Waals surface area contributed by atoms with Gasteiger partial charge in [0.1, 0.15) is 0 Å². The van der Waals surface area contributed by atoms with Gasteiger partial charge >= 0.3 is 0 Å². The van der Waals surface area contributed by atoms with Gasteiger partial charge in [0, 0.05) is 49.1 Å². The van der Waals surface area contributed by atoms with Crippen molar-refractivity contribution in [2.75, 3.05) is 7.05 Å². The lowest BCUT2D eigenvalue weighted by molar-refractivity contribution is 0.0785. The van der Waals surface area contributed by atoms with Crippen molar-refractivity contribution >= 4 is 5.91 Å². The summed E-state index contributed by atoms with van der Waals surface area (Å²) < 4.78 is 7.53. The van der Waals surface area contributed by atoms with Gasteiger partial charge in [0.2, 0.25) is 11.8 Å². The lowest BCUT2D eigenvalue weighted by Crippen LogP contribution is -2.25. The van der Waals surface area contributed by atoms with Crippen molar-refractivity contribution in [3.63, 3.8) is 0 Å². The Morgan fingerprint density at radius 1 is 1.07 bits per heavy atom. The summed E-state index contributed by atoms with van der Waals surface area (Å²) in [5.74, 6) is 0.829. The summed E-state index contributed by atoms with van der Waals surface area (Å²) in [6.07, 6.45) is 3.66. The van der Waals surface area contributed by atoms with Crippen LogP contribution >= 0.6 is 0 Å². The van der Waals surface area contributed by atoms with Gasteiger partial charge in [-0.1, -0.05) is 17.7 Å². The van der Waals surface area contributed by atoms with E-state index in [1.807, 2.05) is 56.6 Å². The van der Waals surface area contributed by atoms with Crippen LogP contribution in [-0.4, -0.2) is 37.8 Å². The fourth-order valence-corrected chi connectivity index (χ4v) is 3.11. The van der Waals surface area contributed by atoms with Crippen LogP contribution in [0.1, 0.15) is 21.5 Å². The first-order chi connectivity index (χ1) is 14.0. The van der Waals surface area contributed by atoms with Gasteiger partial charge in [-0.25, -0.2) is 0 Å². The SMILES string of the molecule is Cc1cccc(-c2nnc(-c3ccc(C(=O)N(C)Cc4cnn(C)c4)cc3)o2)c1. The van der Waals surface area contributed by atoms with E-state index in [0.29, 0.717) is 23.9 Å². The van der Waals surface area contributed by atoms with Gasteiger partial charge in [-0.05, 0) is 43.3 Å². The van der Waals surface area contributed by atoms with Crippen LogP contribution in [0.3, 0.4) is 0 Å². The van der Waals surface area contributed by atoms with Crippen molar-refractivity contribution in [3.05, 3.63) is 77.6 Å². The second-order valence-corrected chi connectivity index (χ2v) is 7.04. The van der Waals surface area contributed by atoms with Crippen molar-refractivity contribution < 1.29 is 9.21 Å². The molecule has 2 aromatic carbocycles. The molecule has 146 valence electrons. The molecule has 0 aliphatic rings. The Morgan fingerprint density at radius 3 is 2.45 bits per heavy atom. The Hall–Kier alpha value is -3.74. The third kappa shape index (κ3) is 4.08. The summed E-state index contributed by atoms with van der Waals surface area (Å²) in [7, 11) is 3.63. The number of aryl methyl sites for hydroxylation is 2. The summed E-state index contributed by atoms with van der Waals surface area (Å²) >= 11 is 0. The minimum Gasteiger partial charge on any atom is -0.416 e. The topological polar surface area (TPSA) is 77.1 Å². The molecule has 0 spiro atoms. The van der Waals surface area contributed by atoms with Crippen LogP contribution in [0.25, 0.3) is 22.9 Å². The number of rotatable bonds is 5. The number of carbonyl (C=O) groups is 1. The molecule has 0 N–H and O–H groups in total. The van der Waals surface area contributed by atoms with E-state index in [1.54, 1.807) is 35.0 Å². The predicted molar refractivity (Wildman–Crippen MR) is 109 cm³/mol. The minimum absolute atomic E-state index is 0.0635. The first kappa shape index (κ1) is 18.6. The van der Waals surface area contributed by atoms with Crippen molar-refractivity contribution in [1.29, 1.82) is 0 Å². The van der Waals surface area contributed by atoms with Crippen LogP contribution in [0.5, 0.6) is 0 Å². The molecule has 0 atom stereocenters. The van der Waals surface area contributed by atoms with E-state index < -0.39 is 0 Å². The second kappa shape index (κ2) is 7.71. The third-order valence-electron chi connectivity index (χ3n) is 4.59. The molecule has 4 rings (SSSR count). The number of carbonyl (C=O) groups excluding carboxylic acids is 1. The molecule has 0 fully saturated rings. The highest BCUT2D eigenvalue weighted by Crippen LogP contribution is 2.25. The number of hydrogen-bond acceptors (Lipinski definition) is 5. The maximum Gasteiger partial charge on any atom is 0.253 e. The Labute approximate surface area is 168 Å². The van der Waals surface area contributed by atoms with Crippen LogP contribution < -0.4 is 0 Å². The maximum atomic E-state index is 12.7. The summed E-state index contributed by atoms with van der Waals surface area (Å²) in [5, 5.41) is 12.4. The molecule has 0 radical (unpaired) electrons. The van der Waals surface area contributed by atoms with E-state index in [9.17, 15) is 4.79 Å². The molecule has 29 heavy (non-hydrogen) atoms. The number of aromatic nitrogens is 4. The molecule has 2 heterocycles. The minimum atomic E-state index is -0.0635. The second-order valence-electron chi connectivity index (χ2n) is 7.04. The van der Waals surface area contributed by atoms with Crippen molar-refractivity contribution in [3.8, 4) is 22.9 Å². The number of hydrogen-bond donors (Lipinski definition) is 0. The monoisotopic (exact) mass is 387 g/mol. The molecule has 0 aliphatic heterocycles. The van der Waals surface area contributed by atoms with E-state index in [0.717, 1.165) is 22.3 Å². The predicted octanol–water partition coefficient (Wildman–Crippen LogP) is 3.72. The van der Waals surface area contributed by atoms with E-state index in [2.05, 4.69) is 15.3 Å². The summed E-state index contributed by atoms with van der Waals surface area (Å²) in [5.41, 5.74) is 4.35. The van der Waals surface area contributed by atoms with Crippen molar-refractivity contribution in [2.24, 2.45) is 7.05 Å². The Balaban J connectivity index is 1.48. The highest BCUT2D eigenvalue weighted by atomic mass is 16.4. The molecule has 4 aromatic rings. The van der Waals surface area contributed by atoms with Crippen LogP contribution in [0.4, 0.5) is 0 Å². The standard InChI is InChI=1S/C22H21N5O2/c1-15-5-4-6-19(11-15)21-25-24-20(29-21)17-7-9-18(10-8-17)22(28)26(2)13-16-12-23-27(3)14-16/h4-12,14H,13H2,1-3H3. The first-order valence-electron chi connectivity index (χ1n) is 9.23. The summed E-state index contributed by atoms with van der Waals surface area (Å²) in [6.45, 7) is 2.51. The highest BCUT2D eigenvalue weighted by Gasteiger charge is 2.15. The average molecular weight is 387 g/mol. The van der Waals surface area contributed by atoms with Gasteiger partial charge in [-0.15, -0.1) is 10.2 Å². The van der Waals surface area contributed by atoms with Gasteiger partial charge in [-0.3, -0.25) is 9.48 Å². The third-order valence-corrected chi connectivity index (χ3v) is 4.59. The van der Waals surface area contributed by atoms with Crippen LogP contribution in [0.15, 0.2) is 65.3 Å². The molecule has 7 nitrogen and oxygen atoms in total. The zero-order chi connectivity index (χ0) is 20.4. The van der Waals surface area contributed by atoms with Gasteiger partial charge in [0.05, 0.1) is 6.20 Å². The molecule has 0 bridgehead atoms. The van der Waals surface area contributed by atoms with E-state index in [4.69, 9.17) is 4.42 Å². The molecule has 1 amide bonds. The van der Waals surface area contributed by atoms with Gasteiger partial charge in [0.25, 0.3) is 5.91 Å². The smallest absolute Gasteiger partial charge is 0.253 e. The fourth-order valence-electron chi connectivity index (χ4n) is 3.11. The summed E-state index contributed by atoms with van der Waals surface area (Å²) in [4.78, 5) is 14.3. The molecule has 0 unspecified atom stereocenters. The largest absolute Gasteiger partial charge is 0.416 e. The zero-order valence-electron chi connectivity index (χ0n) is 16.5. The van der Waals surface area contributed by atoms with E-state index in [1.165, 1.54) is 0 Å². The average Bonchev–Trinajstić information content (AvgIpc) is 3.37. The van der Waals surface area contributed by atoms with Crippen molar-refractivity contribution in [1.82, 2.24) is 24.9 Å². The Bertz CT molecular complexity index is 1140. The molecular formula is C22H21N5O2.